The summed E-state index contributed by atoms with van der Waals surface area (Å²) in [5.74, 6) is -1.50. The molecule has 0 aliphatic carbocycles. The summed E-state index contributed by atoms with van der Waals surface area (Å²) in [7, 11) is 0. The first kappa shape index (κ1) is 20.0. The smallest absolute Gasteiger partial charge is 0.303 e. The van der Waals surface area contributed by atoms with Crippen molar-refractivity contribution < 1.29 is 28.6 Å². The molecule has 2 aromatic rings. The second-order valence-electron chi connectivity index (χ2n) is 6.14. The van der Waals surface area contributed by atoms with Crippen LogP contribution in [0.15, 0.2) is 11.3 Å². The molecule has 0 saturated carbocycles. The van der Waals surface area contributed by atoms with Crippen LogP contribution in [0.1, 0.15) is 33.4 Å². The number of imidazole rings is 1. The number of nitrogens with one attached hydrogen (secondary N) is 1. The van der Waals surface area contributed by atoms with Gasteiger partial charge in [-0.25, -0.2) is 4.98 Å². The Morgan fingerprint density at radius 1 is 1.36 bits per heavy atom. The normalized spacial score (nSPS) is 22.4. The average molecular weight is 412 g/mol. The SMILES string of the molecule is CC(=O)N=c1nc2nc[nH]c2c(Cl)n1[C@@H]1O[C@H](COC(C)=O)C[C@H]1OC(C)=O. The molecular weight excluding hydrogens is 394 g/mol. The number of esters is 2. The topological polar surface area (TPSA) is 138 Å². The van der Waals surface area contributed by atoms with E-state index in [4.69, 9.17) is 25.8 Å². The van der Waals surface area contributed by atoms with Crippen LogP contribution in [0.25, 0.3) is 11.2 Å². The van der Waals surface area contributed by atoms with Gasteiger partial charge in [0.2, 0.25) is 11.5 Å². The van der Waals surface area contributed by atoms with E-state index in [1.54, 1.807) is 0 Å². The highest BCUT2D eigenvalue weighted by molar-refractivity contribution is 6.33. The van der Waals surface area contributed by atoms with Crippen LogP contribution in [0.5, 0.6) is 0 Å². The minimum absolute atomic E-state index is 0.0271. The lowest BCUT2D eigenvalue weighted by Gasteiger charge is -2.22. The standard InChI is InChI=1S/C16H18ClN5O6/c1-7(23)20-16-21-14-12(18-6-19-14)13(17)22(16)15-11(27-9(3)25)4-10(28-15)5-26-8(2)24/h6,10-11,15H,4-5H2,1-3H3,(H,18,19,20,21,23)/t10-,11+,15+/m0/s1. The monoisotopic (exact) mass is 411 g/mol. The Hall–Kier alpha value is -2.79. The van der Waals surface area contributed by atoms with Crippen molar-refractivity contribution in [3.8, 4) is 0 Å². The van der Waals surface area contributed by atoms with E-state index < -0.39 is 36.3 Å². The maximum atomic E-state index is 11.6. The van der Waals surface area contributed by atoms with E-state index in [-0.39, 0.29) is 29.4 Å². The molecule has 0 spiro atoms. The largest absolute Gasteiger partial charge is 0.463 e. The maximum absolute atomic E-state index is 11.6. The molecule has 1 fully saturated rings. The van der Waals surface area contributed by atoms with E-state index in [2.05, 4.69) is 19.9 Å². The van der Waals surface area contributed by atoms with Gasteiger partial charge in [0.25, 0.3) is 0 Å². The Bertz CT molecular complexity index is 999. The Morgan fingerprint density at radius 2 is 2.11 bits per heavy atom. The summed E-state index contributed by atoms with van der Waals surface area (Å²) in [5.41, 5.74) is 0.616. The quantitative estimate of drug-likeness (QED) is 0.571. The fourth-order valence-electron chi connectivity index (χ4n) is 2.91. The molecule has 11 nitrogen and oxygen atoms in total. The number of carbonyl (C=O) groups excluding carboxylic acids is 3. The molecule has 12 heteroatoms. The van der Waals surface area contributed by atoms with Crippen molar-refractivity contribution in [3.05, 3.63) is 17.1 Å². The van der Waals surface area contributed by atoms with Gasteiger partial charge in [0.15, 0.2) is 11.9 Å². The van der Waals surface area contributed by atoms with Crippen molar-refractivity contribution in [3.63, 3.8) is 0 Å². The molecule has 1 aliphatic heterocycles. The molecule has 3 atom stereocenters. The molecule has 1 amide bonds. The first-order valence-corrected chi connectivity index (χ1v) is 8.76. The molecule has 2 aromatic heterocycles. The molecule has 3 heterocycles. The number of halogens is 1. The van der Waals surface area contributed by atoms with Crippen molar-refractivity contribution in [2.24, 2.45) is 4.99 Å². The molecule has 28 heavy (non-hydrogen) atoms. The predicted octanol–water partition coefficient (Wildman–Crippen LogP) is 0.642. The number of aromatic amines is 1. The van der Waals surface area contributed by atoms with Gasteiger partial charge >= 0.3 is 11.9 Å². The second-order valence-corrected chi connectivity index (χ2v) is 6.50. The number of aromatic nitrogens is 4. The molecule has 0 aromatic carbocycles. The highest BCUT2D eigenvalue weighted by atomic mass is 35.5. The third kappa shape index (κ3) is 4.20. The van der Waals surface area contributed by atoms with Gasteiger partial charge in [0.1, 0.15) is 23.4 Å². The number of amides is 1. The first-order chi connectivity index (χ1) is 13.3. The minimum atomic E-state index is -0.935. The summed E-state index contributed by atoms with van der Waals surface area (Å²) in [6, 6.07) is 0. The summed E-state index contributed by atoms with van der Waals surface area (Å²) in [5, 5.41) is 0.123. The van der Waals surface area contributed by atoms with Crippen molar-refractivity contribution in [1.29, 1.82) is 0 Å². The van der Waals surface area contributed by atoms with Gasteiger partial charge in [-0.15, -0.1) is 0 Å². The maximum Gasteiger partial charge on any atom is 0.303 e. The molecule has 1 aliphatic rings. The second kappa shape index (κ2) is 8.07. The molecule has 3 rings (SSSR count). The zero-order valence-electron chi connectivity index (χ0n) is 15.3. The number of hydrogen-bond donors (Lipinski definition) is 1. The van der Waals surface area contributed by atoms with Crippen LogP contribution in [0.3, 0.4) is 0 Å². The highest BCUT2D eigenvalue weighted by Gasteiger charge is 2.41. The summed E-state index contributed by atoms with van der Waals surface area (Å²) in [6.45, 7) is 3.78. The number of fused-ring (bicyclic) bond motifs is 1. The molecule has 0 unspecified atom stereocenters. The van der Waals surface area contributed by atoms with Gasteiger partial charge in [-0.05, 0) is 0 Å². The molecule has 0 bridgehead atoms. The lowest BCUT2D eigenvalue weighted by Crippen LogP contribution is -2.35. The fourth-order valence-corrected chi connectivity index (χ4v) is 3.22. The zero-order valence-corrected chi connectivity index (χ0v) is 16.1. The third-order valence-electron chi connectivity index (χ3n) is 3.91. The van der Waals surface area contributed by atoms with E-state index in [1.807, 2.05) is 0 Å². The van der Waals surface area contributed by atoms with Crippen molar-refractivity contribution >= 4 is 40.6 Å². The Kier molecular flexibility index (Phi) is 5.75. The number of carbonyl (C=O) groups is 3. The van der Waals surface area contributed by atoms with Crippen LogP contribution >= 0.6 is 11.6 Å². The Morgan fingerprint density at radius 3 is 2.75 bits per heavy atom. The van der Waals surface area contributed by atoms with Crippen LogP contribution in [-0.4, -0.2) is 56.2 Å². The van der Waals surface area contributed by atoms with Gasteiger partial charge < -0.3 is 19.2 Å². The van der Waals surface area contributed by atoms with Crippen LogP contribution < -0.4 is 5.62 Å². The predicted molar refractivity (Wildman–Crippen MR) is 93.8 cm³/mol. The van der Waals surface area contributed by atoms with Gasteiger partial charge in [-0.3, -0.25) is 19.0 Å². The van der Waals surface area contributed by atoms with Gasteiger partial charge in [0, 0.05) is 27.2 Å². The Balaban J connectivity index is 2.08. The van der Waals surface area contributed by atoms with Crippen LogP contribution in [-0.2, 0) is 28.6 Å². The number of H-pyrrole nitrogens is 1. The lowest BCUT2D eigenvalue weighted by atomic mass is 10.2. The summed E-state index contributed by atoms with van der Waals surface area (Å²) >= 11 is 6.50. The number of rotatable bonds is 4. The zero-order chi connectivity index (χ0) is 20.4. The van der Waals surface area contributed by atoms with Crippen molar-refractivity contribution in [2.45, 2.75) is 45.6 Å². The van der Waals surface area contributed by atoms with Crippen LogP contribution in [0.2, 0.25) is 5.15 Å². The minimum Gasteiger partial charge on any atom is -0.463 e. The van der Waals surface area contributed by atoms with Crippen molar-refractivity contribution in [1.82, 2.24) is 19.5 Å². The number of hydrogen-bond acceptors (Lipinski definition) is 8. The molecule has 0 radical (unpaired) electrons. The average Bonchev–Trinajstić information content (AvgIpc) is 3.19. The molecule has 150 valence electrons. The highest BCUT2D eigenvalue weighted by Crippen LogP contribution is 2.33. The Labute approximate surface area is 163 Å². The van der Waals surface area contributed by atoms with Crippen LogP contribution in [0, 0.1) is 0 Å². The van der Waals surface area contributed by atoms with E-state index in [0.717, 1.165) is 0 Å². The van der Waals surface area contributed by atoms with Gasteiger partial charge in [-0.1, -0.05) is 11.6 Å². The summed E-state index contributed by atoms with van der Waals surface area (Å²) in [6.07, 6.45) is -0.599. The molecule has 1 saturated heterocycles. The third-order valence-corrected chi connectivity index (χ3v) is 4.28. The summed E-state index contributed by atoms with van der Waals surface area (Å²) < 4.78 is 17.6. The lowest BCUT2D eigenvalue weighted by molar-refractivity contribution is -0.153. The molecule has 1 N–H and O–H groups in total. The van der Waals surface area contributed by atoms with Gasteiger partial charge in [-0.2, -0.15) is 9.98 Å². The van der Waals surface area contributed by atoms with Gasteiger partial charge in [0.05, 0.1) is 12.4 Å². The first-order valence-electron chi connectivity index (χ1n) is 8.38. The molecular formula is C16H18ClN5O6. The van der Waals surface area contributed by atoms with E-state index in [1.165, 1.54) is 31.7 Å². The fraction of sp³-hybridized carbons (Fsp3) is 0.500. The van der Waals surface area contributed by atoms with Crippen molar-refractivity contribution in [2.75, 3.05) is 6.61 Å². The van der Waals surface area contributed by atoms with Crippen LogP contribution in [0.4, 0.5) is 0 Å². The van der Waals surface area contributed by atoms with E-state index >= 15 is 0 Å². The van der Waals surface area contributed by atoms with E-state index in [9.17, 15) is 14.4 Å². The van der Waals surface area contributed by atoms with E-state index in [0.29, 0.717) is 5.52 Å². The summed E-state index contributed by atoms with van der Waals surface area (Å²) in [4.78, 5) is 49.2. The number of nitrogens with zero attached hydrogens (tertiary/aromatic N) is 4. The number of ether oxygens (including phenoxy) is 3.